The van der Waals surface area contributed by atoms with Crippen molar-refractivity contribution >= 4 is 34.7 Å². The molecule has 1 atom stereocenters. The summed E-state index contributed by atoms with van der Waals surface area (Å²) in [6.07, 6.45) is 3.44. The van der Waals surface area contributed by atoms with Crippen LogP contribution in [0.1, 0.15) is 36.6 Å². The monoisotopic (exact) mass is 424 g/mol. The first-order valence-corrected chi connectivity index (χ1v) is 9.51. The van der Waals surface area contributed by atoms with E-state index in [1.165, 1.54) is 29.8 Å². The van der Waals surface area contributed by atoms with Crippen molar-refractivity contribution in [1.82, 2.24) is 19.6 Å². The molecule has 1 aliphatic rings. The lowest BCUT2D eigenvalue weighted by Gasteiger charge is -2.24. The Kier molecular flexibility index (Phi) is 4.92. The molecule has 0 saturated heterocycles. The van der Waals surface area contributed by atoms with Gasteiger partial charge in [-0.2, -0.15) is 20.0 Å². The minimum absolute atomic E-state index is 0.111. The Morgan fingerprint density at radius 1 is 1.33 bits per heavy atom. The maximum Gasteiger partial charge on any atom is 0.247 e. The van der Waals surface area contributed by atoms with Crippen LogP contribution in [-0.4, -0.2) is 42.4 Å². The number of aliphatic hydroxyl groups excluding tert-OH is 1. The summed E-state index contributed by atoms with van der Waals surface area (Å²) in [4.78, 5) is 8.67. The lowest BCUT2D eigenvalue weighted by molar-refractivity contribution is -0.00217. The summed E-state index contributed by atoms with van der Waals surface area (Å²) in [5, 5.41) is 49.3. The average Bonchev–Trinajstić information content (AvgIpc) is 3.45. The minimum atomic E-state index is -1.65. The number of benzene rings is 1. The van der Waals surface area contributed by atoms with Crippen LogP contribution < -0.4 is 10.6 Å². The molecule has 4 N–H and O–H groups in total. The molecule has 0 spiro atoms. The van der Waals surface area contributed by atoms with Crippen LogP contribution in [0.25, 0.3) is 5.65 Å². The van der Waals surface area contributed by atoms with Gasteiger partial charge in [-0.25, -0.2) is 4.98 Å². The number of imidazole rings is 1. The van der Waals surface area contributed by atoms with Crippen molar-refractivity contribution in [2.24, 2.45) is 0 Å². The highest BCUT2D eigenvalue weighted by atomic mass is 35.5. The number of hydrogen-bond acceptors (Lipinski definition) is 9. The Labute approximate surface area is 176 Å². The number of rotatable bonds is 6. The quantitative estimate of drug-likeness (QED) is 0.465. The zero-order chi connectivity index (χ0) is 21.5. The normalized spacial score (nSPS) is 15.3. The third-order valence-electron chi connectivity index (χ3n) is 4.73. The van der Waals surface area contributed by atoms with Gasteiger partial charge >= 0.3 is 0 Å². The molecule has 1 aliphatic carbocycles. The second-order valence-electron chi connectivity index (χ2n) is 7.25. The van der Waals surface area contributed by atoms with E-state index in [9.17, 15) is 20.7 Å². The molecule has 1 fully saturated rings. The average molecular weight is 425 g/mol. The number of aliphatic hydroxyl groups is 2. The van der Waals surface area contributed by atoms with Crippen LogP contribution in [0.2, 0.25) is 5.02 Å². The van der Waals surface area contributed by atoms with Crippen LogP contribution in [0.15, 0.2) is 18.3 Å². The highest BCUT2D eigenvalue weighted by molar-refractivity contribution is 6.34. The van der Waals surface area contributed by atoms with Crippen molar-refractivity contribution in [2.75, 3.05) is 17.2 Å². The van der Waals surface area contributed by atoms with Crippen LogP contribution >= 0.6 is 11.6 Å². The minimum Gasteiger partial charge on any atom is -0.393 e. The number of aromatic nitrogens is 4. The third kappa shape index (κ3) is 3.60. The van der Waals surface area contributed by atoms with Gasteiger partial charge in [-0.1, -0.05) is 11.6 Å². The van der Waals surface area contributed by atoms with Crippen LogP contribution in [-0.2, 0) is 5.60 Å². The topological polar surface area (TPSA) is 155 Å². The summed E-state index contributed by atoms with van der Waals surface area (Å²) in [5.74, 6) is 0.582. The fourth-order valence-corrected chi connectivity index (χ4v) is 3.27. The van der Waals surface area contributed by atoms with Crippen LogP contribution in [0.3, 0.4) is 0 Å². The largest absolute Gasteiger partial charge is 0.393 e. The van der Waals surface area contributed by atoms with E-state index < -0.39 is 12.2 Å². The number of anilines is 3. The fraction of sp³-hybridized carbons (Fsp3) is 0.316. The van der Waals surface area contributed by atoms with E-state index in [4.69, 9.17) is 11.6 Å². The van der Waals surface area contributed by atoms with Gasteiger partial charge in [-0.15, -0.1) is 5.10 Å². The van der Waals surface area contributed by atoms with Gasteiger partial charge in [0.05, 0.1) is 35.1 Å². The van der Waals surface area contributed by atoms with E-state index in [0.717, 1.165) is 12.8 Å². The summed E-state index contributed by atoms with van der Waals surface area (Å²) in [6.45, 7) is 0.809. The van der Waals surface area contributed by atoms with Crippen molar-refractivity contribution in [3.63, 3.8) is 0 Å². The second-order valence-corrected chi connectivity index (χ2v) is 7.63. The van der Waals surface area contributed by atoms with Gasteiger partial charge in [0.15, 0.2) is 17.2 Å². The summed E-state index contributed by atoms with van der Waals surface area (Å²) >= 11 is 6.46. The predicted molar refractivity (Wildman–Crippen MR) is 108 cm³/mol. The zero-order valence-electron chi connectivity index (χ0n) is 15.9. The first kappa shape index (κ1) is 19.9. The first-order valence-electron chi connectivity index (χ1n) is 9.13. The van der Waals surface area contributed by atoms with Crippen molar-refractivity contribution in [1.29, 1.82) is 10.5 Å². The molecule has 0 amide bonds. The molecule has 2 heterocycles. The maximum atomic E-state index is 10.5. The summed E-state index contributed by atoms with van der Waals surface area (Å²) in [6, 6.07) is 7.22. The summed E-state index contributed by atoms with van der Waals surface area (Å²) in [7, 11) is 0. The molecule has 152 valence electrons. The molecule has 1 saturated carbocycles. The maximum absolute atomic E-state index is 10.5. The predicted octanol–water partition coefficient (Wildman–Crippen LogP) is 2.04. The molecule has 1 unspecified atom stereocenters. The van der Waals surface area contributed by atoms with E-state index >= 15 is 0 Å². The Morgan fingerprint density at radius 2 is 2.10 bits per heavy atom. The van der Waals surface area contributed by atoms with Gasteiger partial charge < -0.3 is 20.8 Å². The molecule has 10 nitrogen and oxygen atoms in total. The first-order chi connectivity index (χ1) is 14.4. The highest BCUT2D eigenvalue weighted by Gasteiger charge is 2.28. The number of nitrogens with one attached hydrogen (secondary N) is 2. The molecular formula is C19H17ClN8O2. The van der Waals surface area contributed by atoms with E-state index in [1.807, 2.05) is 12.1 Å². The standard InChI is InChI=1S/C19H17ClN8O2/c1-19(30,9-29)13-4-10(6-21)5-14(15(13)20)25-18-26-16(24-11-2-3-11)17-23-8-12(7-22)28(17)27-18/h4-5,8,11,29-30H,2-3,9H2,1H3,(H2,24,25,26,27). The molecule has 30 heavy (non-hydrogen) atoms. The molecule has 2 aromatic heterocycles. The van der Waals surface area contributed by atoms with Gasteiger partial charge in [-0.3, -0.25) is 0 Å². The van der Waals surface area contributed by atoms with E-state index in [1.54, 1.807) is 0 Å². The Bertz CT molecular complexity index is 1220. The number of hydrogen-bond donors (Lipinski definition) is 4. The molecular weight excluding hydrogens is 408 g/mol. The van der Waals surface area contributed by atoms with Gasteiger partial charge in [0.2, 0.25) is 5.95 Å². The lowest BCUT2D eigenvalue weighted by atomic mass is 9.94. The number of fused-ring (bicyclic) bond motifs is 1. The van der Waals surface area contributed by atoms with Gasteiger partial charge in [0, 0.05) is 11.6 Å². The van der Waals surface area contributed by atoms with Gasteiger partial charge in [-0.05, 0) is 31.9 Å². The Morgan fingerprint density at radius 3 is 2.73 bits per heavy atom. The van der Waals surface area contributed by atoms with E-state index in [0.29, 0.717) is 11.5 Å². The second kappa shape index (κ2) is 7.43. The zero-order valence-corrected chi connectivity index (χ0v) is 16.6. The smallest absolute Gasteiger partial charge is 0.247 e. The van der Waals surface area contributed by atoms with Crippen molar-refractivity contribution in [2.45, 2.75) is 31.4 Å². The lowest BCUT2D eigenvalue weighted by Crippen LogP contribution is -2.26. The summed E-state index contributed by atoms with van der Waals surface area (Å²) in [5.41, 5.74) is -0.314. The van der Waals surface area contributed by atoms with E-state index in [2.05, 4.69) is 25.7 Å². The van der Waals surface area contributed by atoms with E-state index in [-0.39, 0.29) is 39.5 Å². The van der Waals surface area contributed by atoms with Gasteiger partial charge in [0.25, 0.3) is 0 Å². The molecule has 0 bridgehead atoms. The SMILES string of the molecule is CC(O)(CO)c1cc(C#N)cc(Nc2nc(NC3CC3)c3ncc(C#N)n3n2)c1Cl. The molecule has 3 aromatic rings. The van der Waals surface area contributed by atoms with Gasteiger partial charge in [0.1, 0.15) is 11.7 Å². The van der Waals surface area contributed by atoms with Crippen molar-refractivity contribution in [3.05, 3.63) is 40.2 Å². The Hall–Kier alpha value is -3.44. The molecule has 1 aromatic carbocycles. The summed E-state index contributed by atoms with van der Waals surface area (Å²) < 4.78 is 1.37. The Balaban J connectivity index is 1.82. The van der Waals surface area contributed by atoms with Crippen LogP contribution in [0, 0.1) is 22.7 Å². The van der Waals surface area contributed by atoms with Crippen molar-refractivity contribution in [3.8, 4) is 12.1 Å². The third-order valence-corrected chi connectivity index (χ3v) is 5.14. The molecule has 11 heteroatoms. The molecule has 0 radical (unpaired) electrons. The fourth-order valence-electron chi connectivity index (χ4n) is 2.91. The highest BCUT2D eigenvalue weighted by Crippen LogP contribution is 2.36. The number of nitrogens with zero attached hydrogens (tertiary/aromatic N) is 6. The number of nitriles is 2. The van der Waals surface area contributed by atoms with Crippen LogP contribution in [0.4, 0.5) is 17.5 Å². The molecule has 0 aliphatic heterocycles. The van der Waals surface area contributed by atoms with Crippen molar-refractivity contribution < 1.29 is 10.2 Å². The number of halogens is 1. The molecule has 4 rings (SSSR count). The van der Waals surface area contributed by atoms with Crippen LogP contribution in [0.5, 0.6) is 0 Å².